The molecule has 5 heteroatoms. The predicted molar refractivity (Wildman–Crippen MR) is 94.4 cm³/mol. The number of guanidine groups is 1. The van der Waals surface area contributed by atoms with Gasteiger partial charge in [-0.3, -0.25) is 9.98 Å². The fourth-order valence-electron chi connectivity index (χ4n) is 3.13. The molecule has 0 aliphatic heterocycles. The Morgan fingerprint density at radius 1 is 1.17 bits per heavy atom. The van der Waals surface area contributed by atoms with E-state index in [-0.39, 0.29) is 11.2 Å². The molecule has 24 heavy (non-hydrogen) atoms. The summed E-state index contributed by atoms with van der Waals surface area (Å²) in [5.41, 5.74) is 2.25. The van der Waals surface area contributed by atoms with Crippen molar-refractivity contribution >= 4 is 5.96 Å². The highest BCUT2D eigenvalue weighted by molar-refractivity contribution is 5.79. The van der Waals surface area contributed by atoms with E-state index in [1.165, 1.54) is 12.0 Å². The molecule has 2 aromatic rings. The molecule has 0 radical (unpaired) electrons. The van der Waals surface area contributed by atoms with Crippen LogP contribution < -0.4 is 10.6 Å². The first-order chi connectivity index (χ1) is 11.7. The van der Waals surface area contributed by atoms with Crippen LogP contribution in [0.25, 0.3) is 0 Å². The number of nitrogens with zero attached hydrogens (tertiary/aromatic N) is 2. The number of benzene rings is 1. The molecular formula is C19H23FN4. The zero-order valence-corrected chi connectivity index (χ0v) is 13.9. The second kappa shape index (κ2) is 7.43. The summed E-state index contributed by atoms with van der Waals surface area (Å²) < 4.78 is 13.2. The van der Waals surface area contributed by atoms with E-state index in [4.69, 9.17) is 0 Å². The van der Waals surface area contributed by atoms with E-state index in [0.717, 1.165) is 31.0 Å². The van der Waals surface area contributed by atoms with E-state index >= 15 is 0 Å². The lowest BCUT2D eigenvalue weighted by Crippen LogP contribution is -2.48. The van der Waals surface area contributed by atoms with E-state index in [9.17, 15) is 4.39 Å². The highest BCUT2D eigenvalue weighted by Crippen LogP contribution is 2.43. The Morgan fingerprint density at radius 3 is 2.54 bits per heavy atom. The minimum absolute atomic E-state index is 0.0797. The van der Waals surface area contributed by atoms with Gasteiger partial charge in [0.25, 0.3) is 0 Å². The largest absolute Gasteiger partial charge is 0.356 e. The van der Waals surface area contributed by atoms with Gasteiger partial charge >= 0.3 is 0 Å². The summed E-state index contributed by atoms with van der Waals surface area (Å²) in [6.45, 7) is 1.42. The number of nitrogens with one attached hydrogen (secondary N) is 2. The summed E-state index contributed by atoms with van der Waals surface area (Å²) in [6, 6.07) is 12.7. The fourth-order valence-corrected chi connectivity index (χ4v) is 3.13. The smallest absolute Gasteiger partial charge is 0.191 e. The maximum Gasteiger partial charge on any atom is 0.191 e. The van der Waals surface area contributed by atoms with Crippen molar-refractivity contribution in [3.05, 3.63) is 65.7 Å². The molecule has 4 nitrogen and oxygen atoms in total. The summed E-state index contributed by atoms with van der Waals surface area (Å²) in [5.74, 6) is 0.572. The van der Waals surface area contributed by atoms with Crippen LogP contribution in [0, 0.1) is 5.82 Å². The molecule has 0 spiro atoms. The highest BCUT2D eigenvalue weighted by atomic mass is 19.1. The monoisotopic (exact) mass is 326 g/mol. The lowest BCUT2D eigenvalue weighted by molar-refractivity contribution is 0.243. The van der Waals surface area contributed by atoms with Gasteiger partial charge in [-0.1, -0.05) is 24.6 Å². The first-order valence-electron chi connectivity index (χ1n) is 8.32. The molecule has 0 unspecified atom stereocenters. The van der Waals surface area contributed by atoms with E-state index in [1.54, 1.807) is 25.4 Å². The molecule has 1 heterocycles. The van der Waals surface area contributed by atoms with Gasteiger partial charge in [-0.2, -0.15) is 0 Å². The van der Waals surface area contributed by atoms with Crippen molar-refractivity contribution in [2.45, 2.75) is 31.2 Å². The van der Waals surface area contributed by atoms with Gasteiger partial charge in [-0.15, -0.1) is 0 Å². The molecule has 1 fully saturated rings. The first kappa shape index (κ1) is 16.4. The number of pyridine rings is 1. The first-order valence-corrected chi connectivity index (χ1v) is 8.32. The third-order valence-corrected chi connectivity index (χ3v) is 4.75. The van der Waals surface area contributed by atoms with Crippen LogP contribution in [-0.2, 0) is 12.0 Å². The van der Waals surface area contributed by atoms with Crippen molar-refractivity contribution in [2.75, 3.05) is 13.6 Å². The van der Waals surface area contributed by atoms with Gasteiger partial charge in [0.1, 0.15) is 5.82 Å². The van der Waals surface area contributed by atoms with Crippen LogP contribution in [-0.4, -0.2) is 24.5 Å². The summed E-state index contributed by atoms with van der Waals surface area (Å²) in [5, 5.41) is 6.70. The van der Waals surface area contributed by atoms with Crippen molar-refractivity contribution in [2.24, 2.45) is 4.99 Å². The van der Waals surface area contributed by atoms with E-state index in [0.29, 0.717) is 6.54 Å². The molecule has 1 aromatic carbocycles. The molecule has 0 atom stereocenters. The maximum atomic E-state index is 13.2. The number of rotatable bonds is 5. The second-order valence-electron chi connectivity index (χ2n) is 6.24. The van der Waals surface area contributed by atoms with Gasteiger partial charge in [0.05, 0.1) is 12.2 Å². The molecule has 0 saturated heterocycles. The van der Waals surface area contributed by atoms with Crippen LogP contribution in [0.3, 0.4) is 0 Å². The Hall–Kier alpha value is -2.43. The zero-order chi connectivity index (χ0) is 16.8. The number of hydrogen-bond acceptors (Lipinski definition) is 2. The van der Waals surface area contributed by atoms with Gasteiger partial charge in [-0.25, -0.2) is 4.39 Å². The Balaban J connectivity index is 1.59. The highest BCUT2D eigenvalue weighted by Gasteiger charge is 2.38. The standard InChI is InChI=1S/C19H23FN4/c1-21-18(23-13-17-5-2-3-12-22-17)24-14-19(10-4-11-19)15-6-8-16(20)9-7-15/h2-3,5-9,12H,4,10-11,13-14H2,1H3,(H2,21,23,24). The topological polar surface area (TPSA) is 49.3 Å². The predicted octanol–water partition coefficient (Wildman–Crippen LogP) is 3.01. The summed E-state index contributed by atoms with van der Waals surface area (Å²) in [7, 11) is 1.76. The molecule has 126 valence electrons. The third-order valence-electron chi connectivity index (χ3n) is 4.75. The second-order valence-corrected chi connectivity index (χ2v) is 6.24. The number of halogens is 1. The van der Waals surface area contributed by atoms with Gasteiger partial charge in [-0.05, 0) is 42.7 Å². The van der Waals surface area contributed by atoms with Crippen molar-refractivity contribution in [1.82, 2.24) is 15.6 Å². The summed E-state index contributed by atoms with van der Waals surface area (Å²) in [6.07, 6.45) is 5.22. The maximum absolute atomic E-state index is 13.2. The summed E-state index contributed by atoms with van der Waals surface area (Å²) >= 11 is 0. The average molecular weight is 326 g/mol. The minimum Gasteiger partial charge on any atom is -0.356 e. The van der Waals surface area contributed by atoms with Crippen LogP contribution in [0.15, 0.2) is 53.7 Å². The summed E-state index contributed by atoms with van der Waals surface area (Å²) in [4.78, 5) is 8.58. The number of aromatic nitrogens is 1. The van der Waals surface area contributed by atoms with Crippen LogP contribution in [0.1, 0.15) is 30.5 Å². The lowest BCUT2D eigenvalue weighted by Gasteiger charge is -2.43. The molecule has 3 rings (SSSR count). The molecular weight excluding hydrogens is 303 g/mol. The molecule has 2 N–H and O–H groups in total. The Labute approximate surface area is 142 Å². The minimum atomic E-state index is -0.186. The van der Waals surface area contributed by atoms with Crippen molar-refractivity contribution in [1.29, 1.82) is 0 Å². The van der Waals surface area contributed by atoms with Crippen molar-refractivity contribution < 1.29 is 4.39 Å². The Bertz CT molecular complexity index is 678. The van der Waals surface area contributed by atoms with Crippen molar-refractivity contribution in [3.63, 3.8) is 0 Å². The third kappa shape index (κ3) is 3.72. The van der Waals surface area contributed by atoms with E-state index in [2.05, 4.69) is 20.6 Å². The van der Waals surface area contributed by atoms with Crippen molar-refractivity contribution in [3.8, 4) is 0 Å². The molecule has 1 aliphatic rings. The van der Waals surface area contributed by atoms with Crippen LogP contribution in [0.5, 0.6) is 0 Å². The quantitative estimate of drug-likeness (QED) is 0.656. The lowest BCUT2D eigenvalue weighted by atomic mass is 9.64. The normalized spacial score (nSPS) is 16.3. The number of hydrogen-bond donors (Lipinski definition) is 2. The Morgan fingerprint density at radius 2 is 1.96 bits per heavy atom. The van der Waals surface area contributed by atoms with Crippen LogP contribution >= 0.6 is 0 Å². The average Bonchev–Trinajstić information content (AvgIpc) is 2.59. The molecule has 0 bridgehead atoms. The number of aliphatic imine (C=N–C) groups is 1. The molecule has 0 amide bonds. The molecule has 1 aliphatic carbocycles. The van der Waals surface area contributed by atoms with Gasteiger partial charge < -0.3 is 10.6 Å². The van der Waals surface area contributed by atoms with E-state index in [1.807, 2.05) is 30.3 Å². The van der Waals surface area contributed by atoms with Gasteiger partial charge in [0.15, 0.2) is 5.96 Å². The SMILES string of the molecule is CN=C(NCc1ccccn1)NCC1(c2ccc(F)cc2)CCC1. The van der Waals surface area contributed by atoms with Gasteiger partial charge in [0.2, 0.25) is 0 Å². The van der Waals surface area contributed by atoms with E-state index < -0.39 is 0 Å². The van der Waals surface area contributed by atoms with Crippen LogP contribution in [0.2, 0.25) is 0 Å². The van der Waals surface area contributed by atoms with Crippen LogP contribution in [0.4, 0.5) is 4.39 Å². The fraction of sp³-hybridized carbons (Fsp3) is 0.368. The molecule has 1 aromatic heterocycles. The molecule has 1 saturated carbocycles. The Kier molecular flexibility index (Phi) is 5.08. The zero-order valence-electron chi connectivity index (χ0n) is 13.9. The van der Waals surface area contributed by atoms with Gasteiger partial charge in [0, 0.05) is 25.2 Å².